The molecule has 1 N–H and O–H groups in total. The van der Waals surface area contributed by atoms with E-state index in [0.29, 0.717) is 23.4 Å². The Morgan fingerprint density at radius 2 is 1.84 bits per heavy atom. The fourth-order valence-electron chi connectivity index (χ4n) is 3.55. The lowest BCUT2D eigenvalue weighted by molar-refractivity contribution is -0.138. The van der Waals surface area contributed by atoms with Crippen molar-refractivity contribution >= 4 is 15.9 Å². The van der Waals surface area contributed by atoms with Crippen LogP contribution in [-0.4, -0.2) is 33.3 Å². The fourth-order valence-corrected chi connectivity index (χ4v) is 4.05. The highest BCUT2D eigenvalue weighted by Crippen LogP contribution is 2.59. The van der Waals surface area contributed by atoms with Gasteiger partial charge in [-0.25, -0.2) is 8.42 Å². The van der Waals surface area contributed by atoms with Crippen molar-refractivity contribution in [3.8, 4) is 23.0 Å². The van der Waals surface area contributed by atoms with Gasteiger partial charge in [0.05, 0.1) is 17.7 Å². The fraction of sp³-hybridized carbons (Fsp3) is 0.316. The van der Waals surface area contributed by atoms with E-state index in [1.807, 2.05) is 4.72 Å². The molecule has 0 aromatic heterocycles. The third kappa shape index (κ3) is 4.42. The predicted molar refractivity (Wildman–Crippen MR) is 98.2 cm³/mol. The molecule has 0 bridgehead atoms. The number of halogens is 5. The Bertz CT molecular complexity index is 1180. The van der Waals surface area contributed by atoms with E-state index in [9.17, 15) is 35.2 Å². The van der Waals surface area contributed by atoms with Gasteiger partial charge in [0, 0.05) is 17.5 Å². The van der Waals surface area contributed by atoms with Gasteiger partial charge in [0.15, 0.2) is 11.5 Å². The average Bonchev–Trinajstić information content (AvgIpc) is 3.23. The molecule has 2 aromatic rings. The van der Waals surface area contributed by atoms with Gasteiger partial charge in [0.25, 0.3) is 0 Å². The first-order valence-electron chi connectivity index (χ1n) is 8.99. The molecule has 7 nitrogen and oxygen atoms in total. The largest absolute Gasteiger partial charge is 0.488 e. The number of nitrogens with one attached hydrogen (secondary N) is 1. The lowest BCUT2D eigenvalue weighted by atomic mass is 10.1. The number of hydrogen-bond acceptors (Lipinski definition) is 6. The van der Waals surface area contributed by atoms with Crippen molar-refractivity contribution < 1.29 is 49.4 Å². The first kappa shape index (κ1) is 22.1. The highest BCUT2D eigenvalue weighted by atomic mass is 32.2. The predicted octanol–water partition coefficient (Wildman–Crippen LogP) is 3.65. The van der Waals surface area contributed by atoms with Crippen LogP contribution < -0.4 is 18.9 Å². The normalized spacial score (nSPS) is 21.4. The van der Waals surface area contributed by atoms with Crippen LogP contribution in [0.25, 0.3) is 0 Å². The number of amides is 1. The molecule has 2 aromatic carbocycles. The van der Waals surface area contributed by atoms with E-state index < -0.39 is 52.1 Å². The van der Waals surface area contributed by atoms with Crippen LogP contribution in [0, 0.1) is 5.92 Å². The number of sulfonamides is 1. The highest BCUT2D eigenvalue weighted by molar-refractivity contribution is 7.89. The molecule has 0 saturated heterocycles. The molecule has 13 heteroatoms. The Kier molecular flexibility index (Phi) is 5.18. The molecule has 1 aliphatic carbocycles. The van der Waals surface area contributed by atoms with E-state index in [1.165, 1.54) is 12.1 Å². The second kappa shape index (κ2) is 7.50. The van der Waals surface area contributed by atoms with Crippen molar-refractivity contribution in [1.29, 1.82) is 0 Å². The van der Waals surface area contributed by atoms with Crippen molar-refractivity contribution in [2.24, 2.45) is 5.92 Å². The Morgan fingerprint density at radius 3 is 2.47 bits per heavy atom. The topological polar surface area (TPSA) is 90.9 Å². The summed E-state index contributed by atoms with van der Waals surface area (Å²) in [5.41, 5.74) is -0.566. The average molecular weight is 479 g/mol. The van der Waals surface area contributed by atoms with E-state index in [0.717, 1.165) is 12.3 Å². The van der Waals surface area contributed by atoms with Crippen LogP contribution in [0.1, 0.15) is 17.0 Å². The van der Waals surface area contributed by atoms with Crippen molar-refractivity contribution in [2.75, 3.05) is 6.26 Å². The summed E-state index contributed by atoms with van der Waals surface area (Å²) in [5.74, 6) is -2.49. The maximum Gasteiger partial charge on any atom is 0.416 e. The van der Waals surface area contributed by atoms with Crippen LogP contribution in [0.2, 0.25) is 0 Å². The van der Waals surface area contributed by atoms with E-state index in [2.05, 4.69) is 4.74 Å². The smallest absolute Gasteiger partial charge is 0.416 e. The molecule has 2 aliphatic rings. The molecular weight excluding hydrogens is 465 g/mol. The summed E-state index contributed by atoms with van der Waals surface area (Å²) in [6.07, 6.45) is -4.47. The van der Waals surface area contributed by atoms with Crippen molar-refractivity contribution in [3.05, 3.63) is 47.5 Å². The monoisotopic (exact) mass is 479 g/mol. The maximum atomic E-state index is 12.9. The lowest BCUT2D eigenvalue weighted by Crippen LogP contribution is -2.32. The number of benzene rings is 2. The first-order chi connectivity index (χ1) is 14.8. The number of carbonyl (C=O) groups excluding carboxylic acids is 1. The van der Waals surface area contributed by atoms with Crippen LogP contribution in [-0.2, 0) is 21.0 Å². The molecule has 1 aliphatic heterocycles. The molecule has 172 valence electrons. The molecule has 4 rings (SSSR count). The summed E-state index contributed by atoms with van der Waals surface area (Å²) >= 11 is 0. The Balaban J connectivity index is 1.53. The van der Waals surface area contributed by atoms with Crippen LogP contribution in [0.15, 0.2) is 36.4 Å². The van der Waals surface area contributed by atoms with Crippen LogP contribution in [0.5, 0.6) is 23.0 Å². The van der Waals surface area contributed by atoms with Gasteiger partial charge in [-0.1, -0.05) is 6.07 Å². The van der Waals surface area contributed by atoms with Gasteiger partial charge < -0.3 is 14.2 Å². The summed E-state index contributed by atoms with van der Waals surface area (Å²) < 4.78 is 103. The zero-order valence-electron chi connectivity index (χ0n) is 16.0. The molecular formula is C19H14F5NO6S. The minimum atomic E-state index is -4.76. The zero-order chi connectivity index (χ0) is 23.4. The number of alkyl halides is 5. The summed E-state index contributed by atoms with van der Waals surface area (Å²) in [6.45, 7) is -3.37. The molecule has 1 fully saturated rings. The SMILES string of the molecule is CS(=O)(=O)NC(=O)[C@H]1[C@@H]2Oc3cc(Oc4ccc(C(F)(F)F)cc4OC(F)F)ccc3[C@@H]21. The van der Waals surface area contributed by atoms with Crippen molar-refractivity contribution in [2.45, 2.75) is 24.8 Å². The molecule has 0 unspecified atom stereocenters. The number of rotatable bonds is 6. The summed E-state index contributed by atoms with van der Waals surface area (Å²) in [6, 6.07) is 6.27. The maximum absolute atomic E-state index is 12.9. The van der Waals surface area contributed by atoms with Gasteiger partial charge in [0.1, 0.15) is 17.6 Å². The summed E-state index contributed by atoms with van der Waals surface area (Å²) in [5, 5.41) is 0. The molecule has 1 amide bonds. The Hall–Kier alpha value is -3.09. The number of carbonyl (C=O) groups is 1. The molecule has 0 radical (unpaired) electrons. The van der Waals surface area contributed by atoms with Crippen LogP contribution in [0.3, 0.4) is 0 Å². The van der Waals surface area contributed by atoms with E-state index >= 15 is 0 Å². The highest BCUT2D eigenvalue weighted by Gasteiger charge is 2.63. The van der Waals surface area contributed by atoms with Crippen molar-refractivity contribution in [1.82, 2.24) is 4.72 Å². The van der Waals surface area contributed by atoms with Gasteiger partial charge in [0.2, 0.25) is 15.9 Å². The number of ether oxygens (including phenoxy) is 3. The third-order valence-electron chi connectivity index (χ3n) is 4.86. The molecule has 32 heavy (non-hydrogen) atoms. The Labute approximate surface area is 178 Å². The quantitative estimate of drug-likeness (QED) is 0.637. The third-order valence-corrected chi connectivity index (χ3v) is 5.44. The van der Waals surface area contributed by atoms with Crippen molar-refractivity contribution in [3.63, 3.8) is 0 Å². The van der Waals surface area contributed by atoms with E-state index in [1.54, 1.807) is 6.07 Å². The minimum Gasteiger partial charge on any atom is -0.488 e. The number of fused-ring (bicyclic) bond motifs is 3. The van der Waals surface area contributed by atoms with Gasteiger partial charge in [-0.05, 0) is 24.3 Å². The molecule has 1 saturated carbocycles. The summed E-state index contributed by atoms with van der Waals surface area (Å²) in [4.78, 5) is 12.0. The second-order valence-corrected chi connectivity index (χ2v) is 8.96. The summed E-state index contributed by atoms with van der Waals surface area (Å²) in [7, 11) is -3.71. The molecule has 1 heterocycles. The van der Waals surface area contributed by atoms with Crippen LogP contribution >= 0.6 is 0 Å². The van der Waals surface area contributed by atoms with Crippen LogP contribution in [0.4, 0.5) is 22.0 Å². The molecule has 3 atom stereocenters. The molecule has 0 spiro atoms. The second-order valence-electron chi connectivity index (χ2n) is 7.21. The number of hydrogen-bond donors (Lipinski definition) is 1. The standard InChI is InChI=1S/C19H14F5NO6S/c1-32(27,28)25-17(26)15-14-10-4-3-9(7-12(10)30-16(14)15)29-11-5-2-8(19(22,23)24)6-13(11)31-18(20)21/h2-7,14-16,18H,1H3,(H,25,26)/t14-,15-,16-/m1/s1. The first-order valence-corrected chi connectivity index (χ1v) is 10.9. The van der Waals surface area contributed by atoms with Gasteiger partial charge >= 0.3 is 12.8 Å². The van der Waals surface area contributed by atoms with E-state index in [-0.39, 0.29) is 17.4 Å². The van der Waals surface area contributed by atoms with E-state index in [4.69, 9.17) is 9.47 Å². The van der Waals surface area contributed by atoms with Gasteiger partial charge in [-0.2, -0.15) is 22.0 Å². The Morgan fingerprint density at radius 1 is 1.12 bits per heavy atom. The van der Waals surface area contributed by atoms with Gasteiger partial charge in [-0.15, -0.1) is 0 Å². The lowest BCUT2D eigenvalue weighted by Gasteiger charge is -2.15. The van der Waals surface area contributed by atoms with Gasteiger partial charge in [-0.3, -0.25) is 9.52 Å². The minimum absolute atomic E-state index is 0.0704. The zero-order valence-corrected chi connectivity index (χ0v) is 16.8.